The highest BCUT2D eigenvalue weighted by Crippen LogP contribution is 2.30. The van der Waals surface area contributed by atoms with Gasteiger partial charge >= 0.3 is 0 Å². The highest BCUT2D eigenvalue weighted by Gasteiger charge is 2.51. The van der Waals surface area contributed by atoms with Crippen molar-refractivity contribution in [3.63, 3.8) is 0 Å². The lowest BCUT2D eigenvalue weighted by atomic mass is 9.97. The summed E-state index contributed by atoms with van der Waals surface area (Å²) in [5, 5.41) is 87.5. The molecule has 14 nitrogen and oxygen atoms in total. The van der Waals surface area contributed by atoms with Gasteiger partial charge in [-0.25, -0.2) is 0 Å². The number of unbranched alkanes of at least 4 members (excludes halogenated alkanes) is 34. The van der Waals surface area contributed by atoms with Gasteiger partial charge in [0.05, 0.1) is 32.0 Å². The minimum Gasteiger partial charge on any atom is -0.394 e. The number of ether oxygens (including phenoxy) is 4. The van der Waals surface area contributed by atoms with Gasteiger partial charge in [0.2, 0.25) is 5.91 Å². The smallest absolute Gasteiger partial charge is 0.220 e. The standard InChI is InChI=1S/C75H133NO13/c1-3-5-7-9-11-13-15-17-19-21-23-25-27-29-30-31-32-33-35-36-38-40-42-44-46-48-50-52-54-56-58-64(79)63(62-86-74-72(85)70(83)73(66(61-78)88-74)89-75-71(84)69(82)68(81)65(60-77)87-75)76-67(80)59-57-55-53-51-49-47-45-43-41-39-37-34-28-26-24-22-20-18-16-14-12-10-8-6-4-2/h6,8,12,14,18,20,24,26,40,42,48,50,56,58,63-66,68-75,77-79,81-85H,3-5,7,9-11,13,15-17,19,21-23,25,27-39,41,43-47,49,51-55,57,59-62H2,1-2H3,(H,76,80)/b8-6-,14-12-,20-18-,26-24-,42-40+,50-48+,58-56+. The van der Waals surface area contributed by atoms with E-state index in [0.717, 1.165) is 77.0 Å². The van der Waals surface area contributed by atoms with Crippen molar-refractivity contribution >= 4 is 5.91 Å². The van der Waals surface area contributed by atoms with Crippen LogP contribution in [0.2, 0.25) is 0 Å². The molecule has 0 saturated carbocycles. The Hall–Kier alpha value is -2.83. The number of rotatable bonds is 59. The number of allylic oxidation sites excluding steroid dienone is 13. The molecule has 12 unspecified atom stereocenters. The van der Waals surface area contributed by atoms with Crippen molar-refractivity contribution in [2.75, 3.05) is 19.8 Å². The van der Waals surface area contributed by atoms with E-state index in [-0.39, 0.29) is 18.9 Å². The minimum absolute atomic E-state index is 0.256. The lowest BCUT2D eigenvalue weighted by Gasteiger charge is -2.46. The van der Waals surface area contributed by atoms with Crippen LogP contribution in [-0.2, 0) is 23.7 Å². The van der Waals surface area contributed by atoms with Gasteiger partial charge in [0, 0.05) is 6.42 Å². The number of aliphatic hydroxyl groups excluding tert-OH is 8. The Labute approximate surface area is 541 Å². The summed E-state index contributed by atoms with van der Waals surface area (Å²) in [5.74, 6) is -0.256. The Morgan fingerprint density at radius 3 is 1.24 bits per heavy atom. The van der Waals surface area contributed by atoms with Gasteiger partial charge in [-0.1, -0.05) is 285 Å². The second-order valence-electron chi connectivity index (χ2n) is 25.3. The molecule has 0 spiro atoms. The molecule has 1 amide bonds. The maximum absolute atomic E-state index is 13.3. The van der Waals surface area contributed by atoms with Crippen molar-refractivity contribution < 1.29 is 64.6 Å². The number of carbonyl (C=O) groups is 1. The lowest BCUT2D eigenvalue weighted by Crippen LogP contribution is -2.65. The molecular weight excluding hydrogens is 1120 g/mol. The van der Waals surface area contributed by atoms with Crippen LogP contribution in [0.1, 0.15) is 290 Å². The van der Waals surface area contributed by atoms with E-state index in [0.29, 0.717) is 12.8 Å². The second kappa shape index (κ2) is 59.0. The quantitative estimate of drug-likeness (QED) is 0.0204. The zero-order valence-electron chi connectivity index (χ0n) is 56.2. The van der Waals surface area contributed by atoms with Gasteiger partial charge in [-0.15, -0.1) is 0 Å². The van der Waals surface area contributed by atoms with Gasteiger partial charge in [-0.3, -0.25) is 4.79 Å². The predicted octanol–water partition coefficient (Wildman–Crippen LogP) is 15.2. The predicted molar refractivity (Wildman–Crippen MR) is 364 cm³/mol. The first kappa shape index (κ1) is 82.3. The van der Waals surface area contributed by atoms with Gasteiger partial charge in [0.25, 0.3) is 0 Å². The molecule has 0 radical (unpaired) electrons. The fourth-order valence-electron chi connectivity index (χ4n) is 11.6. The van der Waals surface area contributed by atoms with E-state index in [1.54, 1.807) is 6.08 Å². The molecule has 12 atom stereocenters. The Bertz CT molecular complexity index is 1820. The van der Waals surface area contributed by atoms with E-state index in [4.69, 9.17) is 18.9 Å². The molecule has 0 aromatic rings. The molecular formula is C75H133NO13. The minimum atomic E-state index is -1.80. The Morgan fingerprint density at radius 2 is 0.787 bits per heavy atom. The molecule has 0 aromatic heterocycles. The fraction of sp³-hybridized carbons (Fsp3) is 0.800. The summed E-state index contributed by atoms with van der Waals surface area (Å²) in [5.41, 5.74) is 0. The first-order valence-corrected chi connectivity index (χ1v) is 36.3. The molecule has 0 aliphatic carbocycles. The van der Waals surface area contributed by atoms with Crippen molar-refractivity contribution in [3.8, 4) is 0 Å². The highest BCUT2D eigenvalue weighted by molar-refractivity contribution is 5.76. The lowest BCUT2D eigenvalue weighted by molar-refractivity contribution is -0.359. The number of aliphatic hydroxyl groups is 8. The third kappa shape index (κ3) is 42.9. The summed E-state index contributed by atoms with van der Waals surface area (Å²) >= 11 is 0. The van der Waals surface area contributed by atoms with Gasteiger partial charge in [0.15, 0.2) is 12.6 Å². The Morgan fingerprint density at radius 1 is 0.416 bits per heavy atom. The van der Waals surface area contributed by atoms with Gasteiger partial charge in [-0.05, 0) is 83.5 Å². The summed E-state index contributed by atoms with van der Waals surface area (Å²) < 4.78 is 22.8. The van der Waals surface area contributed by atoms with Crippen LogP contribution < -0.4 is 5.32 Å². The monoisotopic (exact) mass is 1260 g/mol. The molecule has 0 bridgehead atoms. The molecule has 89 heavy (non-hydrogen) atoms. The second-order valence-corrected chi connectivity index (χ2v) is 25.3. The van der Waals surface area contributed by atoms with Crippen LogP contribution in [0.25, 0.3) is 0 Å². The average Bonchev–Trinajstić information content (AvgIpc) is 1.37. The molecule has 14 heteroatoms. The zero-order chi connectivity index (χ0) is 64.5. The zero-order valence-corrected chi connectivity index (χ0v) is 56.2. The summed E-state index contributed by atoms with van der Waals surface area (Å²) in [6, 6.07) is -0.946. The third-order valence-electron chi connectivity index (χ3n) is 17.3. The molecule has 2 aliphatic rings. The number of amides is 1. The van der Waals surface area contributed by atoms with Crippen molar-refractivity contribution in [2.45, 2.75) is 364 Å². The van der Waals surface area contributed by atoms with Crippen LogP contribution in [0.15, 0.2) is 85.1 Å². The average molecular weight is 1260 g/mol. The largest absolute Gasteiger partial charge is 0.394 e. The van der Waals surface area contributed by atoms with E-state index in [1.165, 1.54) is 180 Å². The van der Waals surface area contributed by atoms with E-state index in [9.17, 15) is 45.6 Å². The normalized spacial score (nSPS) is 23.5. The topological polar surface area (TPSA) is 228 Å². The number of hydrogen-bond acceptors (Lipinski definition) is 13. The molecule has 2 aliphatic heterocycles. The fourth-order valence-corrected chi connectivity index (χ4v) is 11.6. The van der Waals surface area contributed by atoms with Crippen molar-refractivity contribution in [2.24, 2.45) is 0 Å². The molecule has 2 heterocycles. The highest BCUT2D eigenvalue weighted by atomic mass is 16.7. The van der Waals surface area contributed by atoms with Crippen LogP contribution in [0.5, 0.6) is 0 Å². The summed E-state index contributed by atoms with van der Waals surface area (Å²) in [7, 11) is 0. The summed E-state index contributed by atoms with van der Waals surface area (Å²) in [6.45, 7) is 2.69. The summed E-state index contributed by atoms with van der Waals surface area (Å²) in [4.78, 5) is 13.3. The van der Waals surface area contributed by atoms with Crippen LogP contribution in [-0.4, -0.2) is 140 Å². The maximum Gasteiger partial charge on any atom is 0.220 e. The molecule has 516 valence electrons. The van der Waals surface area contributed by atoms with Crippen LogP contribution in [0.3, 0.4) is 0 Å². The maximum atomic E-state index is 13.3. The Kier molecular flexibility index (Phi) is 54.5. The van der Waals surface area contributed by atoms with Gasteiger partial charge in [-0.2, -0.15) is 0 Å². The van der Waals surface area contributed by atoms with Crippen molar-refractivity contribution in [1.29, 1.82) is 0 Å². The van der Waals surface area contributed by atoms with Crippen molar-refractivity contribution in [1.82, 2.24) is 5.32 Å². The van der Waals surface area contributed by atoms with Gasteiger partial charge < -0.3 is 65.1 Å². The van der Waals surface area contributed by atoms with Crippen LogP contribution in [0, 0.1) is 0 Å². The first-order valence-electron chi connectivity index (χ1n) is 36.3. The Balaban J connectivity index is 1.69. The van der Waals surface area contributed by atoms with E-state index in [1.807, 2.05) is 6.08 Å². The first-order chi connectivity index (χ1) is 43.6. The molecule has 2 saturated heterocycles. The molecule has 2 fully saturated rings. The van der Waals surface area contributed by atoms with Crippen molar-refractivity contribution in [3.05, 3.63) is 85.1 Å². The third-order valence-corrected chi connectivity index (χ3v) is 17.3. The number of carbonyl (C=O) groups excluding carboxylic acids is 1. The number of hydrogen-bond donors (Lipinski definition) is 9. The van der Waals surface area contributed by atoms with Crippen LogP contribution >= 0.6 is 0 Å². The molecule has 2 rings (SSSR count). The van der Waals surface area contributed by atoms with E-state index < -0.39 is 86.8 Å². The SMILES string of the molecule is CC/C=C\C/C=C\C/C=C\C/C=C\CCCCCCCCCCCCCCC(=O)NC(COC1OC(CO)C(OC2OC(CO)C(O)C(O)C2O)C(O)C1O)C(O)/C=C/CC/C=C/CC/C=C/CCCCCCCCCCCCCCCCCCCCCC. The molecule has 9 N–H and O–H groups in total. The van der Waals surface area contributed by atoms with Crippen LogP contribution in [0.4, 0.5) is 0 Å². The number of nitrogens with one attached hydrogen (secondary N) is 1. The van der Waals surface area contributed by atoms with E-state index in [2.05, 4.69) is 92.1 Å². The summed E-state index contributed by atoms with van der Waals surface area (Å²) in [6.07, 6.45) is 65.0. The van der Waals surface area contributed by atoms with Gasteiger partial charge in [0.1, 0.15) is 48.8 Å². The molecule has 0 aromatic carbocycles. The van der Waals surface area contributed by atoms with E-state index >= 15 is 0 Å².